The van der Waals surface area contributed by atoms with Crippen LogP contribution >= 0.6 is 0 Å². The average Bonchev–Trinajstić information content (AvgIpc) is 2.71. The molecule has 96 valence electrons. The number of nitrogens with two attached hydrogens (primary N) is 1. The molecule has 0 aliphatic carbocycles. The van der Waals surface area contributed by atoms with Crippen molar-refractivity contribution in [1.82, 2.24) is 9.88 Å². The van der Waals surface area contributed by atoms with Crippen LogP contribution < -0.4 is 5.73 Å². The van der Waals surface area contributed by atoms with Crippen molar-refractivity contribution < 1.29 is 9.59 Å². The van der Waals surface area contributed by atoms with E-state index in [1.165, 1.54) is 4.90 Å². The molecule has 1 aromatic carbocycles. The van der Waals surface area contributed by atoms with Gasteiger partial charge in [0, 0.05) is 23.8 Å². The molecule has 2 N–H and O–H groups in total. The van der Waals surface area contributed by atoms with Crippen molar-refractivity contribution in [2.45, 2.75) is 19.4 Å². The molecule has 1 saturated heterocycles. The molecular formula is C14H13N3O2. The maximum absolute atomic E-state index is 11.6. The number of nitrogen functional groups attached to an aromatic ring is 1. The Bertz CT molecular complexity index is 665. The van der Waals surface area contributed by atoms with Crippen LogP contribution in [0.4, 0.5) is 5.82 Å². The molecule has 1 aliphatic heterocycles. The molecule has 2 amide bonds. The molecule has 1 fully saturated rings. The van der Waals surface area contributed by atoms with Gasteiger partial charge in [-0.3, -0.25) is 14.5 Å². The van der Waals surface area contributed by atoms with Crippen LogP contribution in [0.2, 0.25) is 0 Å². The van der Waals surface area contributed by atoms with Gasteiger partial charge in [0.15, 0.2) is 0 Å². The number of imide groups is 1. The molecule has 5 heteroatoms. The number of aromatic nitrogens is 1. The number of benzene rings is 1. The number of pyridine rings is 1. The molecule has 0 unspecified atom stereocenters. The van der Waals surface area contributed by atoms with E-state index < -0.39 is 0 Å². The smallest absolute Gasteiger partial charge is 0.230 e. The minimum absolute atomic E-state index is 0.141. The largest absolute Gasteiger partial charge is 0.383 e. The summed E-state index contributed by atoms with van der Waals surface area (Å²) in [5, 5.41) is 0.950. The highest BCUT2D eigenvalue weighted by Crippen LogP contribution is 2.22. The molecule has 3 rings (SSSR count). The summed E-state index contributed by atoms with van der Waals surface area (Å²) in [7, 11) is 0. The molecule has 5 nitrogen and oxygen atoms in total. The van der Waals surface area contributed by atoms with Gasteiger partial charge in [-0.25, -0.2) is 4.98 Å². The normalized spacial score (nSPS) is 15.5. The Morgan fingerprint density at radius 2 is 1.84 bits per heavy atom. The van der Waals surface area contributed by atoms with Crippen LogP contribution in [-0.4, -0.2) is 21.7 Å². The summed E-state index contributed by atoms with van der Waals surface area (Å²) in [4.78, 5) is 28.8. The van der Waals surface area contributed by atoms with E-state index >= 15 is 0 Å². The third-order valence-corrected chi connectivity index (χ3v) is 3.32. The Labute approximate surface area is 110 Å². The van der Waals surface area contributed by atoms with Crippen LogP contribution in [0, 0.1) is 0 Å². The van der Waals surface area contributed by atoms with Crippen LogP contribution in [0.1, 0.15) is 18.4 Å². The zero-order chi connectivity index (χ0) is 13.4. The van der Waals surface area contributed by atoms with Crippen molar-refractivity contribution >= 4 is 28.5 Å². The number of anilines is 1. The number of para-hydroxylation sites is 1. The fourth-order valence-electron chi connectivity index (χ4n) is 2.27. The monoisotopic (exact) mass is 255 g/mol. The summed E-state index contributed by atoms with van der Waals surface area (Å²) in [6.07, 6.45) is 0.583. The lowest BCUT2D eigenvalue weighted by Gasteiger charge is -2.15. The number of carbonyl (C=O) groups excluding carboxylic acids is 2. The second-order valence-electron chi connectivity index (χ2n) is 4.60. The van der Waals surface area contributed by atoms with Gasteiger partial charge in [0.2, 0.25) is 11.8 Å². The van der Waals surface area contributed by atoms with E-state index in [-0.39, 0.29) is 18.4 Å². The van der Waals surface area contributed by atoms with E-state index in [2.05, 4.69) is 4.98 Å². The highest BCUT2D eigenvalue weighted by Gasteiger charge is 2.29. The van der Waals surface area contributed by atoms with E-state index in [1.807, 2.05) is 30.3 Å². The molecule has 1 aliphatic rings. The lowest BCUT2D eigenvalue weighted by Crippen LogP contribution is -2.28. The summed E-state index contributed by atoms with van der Waals surface area (Å²) in [5.41, 5.74) is 7.41. The van der Waals surface area contributed by atoms with Crippen molar-refractivity contribution in [3.05, 3.63) is 35.9 Å². The van der Waals surface area contributed by atoms with Gasteiger partial charge in [-0.05, 0) is 12.1 Å². The lowest BCUT2D eigenvalue weighted by molar-refractivity contribution is -0.139. The molecule has 0 atom stereocenters. The zero-order valence-electron chi connectivity index (χ0n) is 10.3. The number of likely N-dealkylation sites (tertiary alicyclic amines) is 1. The average molecular weight is 255 g/mol. The molecule has 0 spiro atoms. The van der Waals surface area contributed by atoms with E-state index in [4.69, 9.17) is 5.73 Å². The third kappa shape index (κ3) is 2.03. The Morgan fingerprint density at radius 1 is 1.16 bits per heavy atom. The van der Waals surface area contributed by atoms with Gasteiger partial charge in [0.05, 0.1) is 12.1 Å². The molecule has 2 heterocycles. The summed E-state index contributed by atoms with van der Waals surface area (Å²) in [6, 6.07) is 9.50. The predicted octanol–water partition coefficient (Wildman–Crippen LogP) is 1.47. The van der Waals surface area contributed by atoms with E-state index in [0.29, 0.717) is 24.2 Å². The van der Waals surface area contributed by atoms with Crippen LogP contribution in [-0.2, 0) is 16.1 Å². The number of amides is 2. The van der Waals surface area contributed by atoms with Crippen molar-refractivity contribution in [3.8, 4) is 0 Å². The molecule has 19 heavy (non-hydrogen) atoms. The number of fused-ring (bicyclic) bond motifs is 1. The zero-order valence-corrected chi connectivity index (χ0v) is 10.3. The second kappa shape index (κ2) is 4.35. The van der Waals surface area contributed by atoms with Gasteiger partial charge in [-0.15, -0.1) is 0 Å². The van der Waals surface area contributed by atoms with Gasteiger partial charge in [0.1, 0.15) is 5.82 Å². The van der Waals surface area contributed by atoms with Crippen LogP contribution in [0.3, 0.4) is 0 Å². The quantitative estimate of drug-likeness (QED) is 0.824. The minimum atomic E-state index is -0.141. The molecule has 0 saturated carbocycles. The predicted molar refractivity (Wildman–Crippen MR) is 70.9 cm³/mol. The third-order valence-electron chi connectivity index (χ3n) is 3.32. The van der Waals surface area contributed by atoms with Gasteiger partial charge in [-0.1, -0.05) is 18.2 Å². The summed E-state index contributed by atoms with van der Waals surface area (Å²) < 4.78 is 0. The maximum Gasteiger partial charge on any atom is 0.230 e. The number of nitrogens with zero attached hydrogens (tertiary/aromatic N) is 2. The van der Waals surface area contributed by atoms with Crippen LogP contribution in [0.15, 0.2) is 30.3 Å². The standard InChI is InChI=1S/C14H13N3O2/c15-14-10(8-17-12(18)5-6-13(17)19)7-9-3-1-2-4-11(9)16-14/h1-4,7H,5-6,8H2,(H2,15,16). The van der Waals surface area contributed by atoms with E-state index in [9.17, 15) is 9.59 Å². The lowest BCUT2D eigenvalue weighted by atomic mass is 10.1. The number of carbonyl (C=O) groups is 2. The van der Waals surface area contributed by atoms with Gasteiger partial charge < -0.3 is 5.73 Å². The minimum Gasteiger partial charge on any atom is -0.383 e. The van der Waals surface area contributed by atoms with Gasteiger partial charge in [0.25, 0.3) is 0 Å². The van der Waals surface area contributed by atoms with E-state index in [0.717, 1.165) is 10.9 Å². The van der Waals surface area contributed by atoms with Crippen molar-refractivity contribution in [1.29, 1.82) is 0 Å². The Kier molecular flexibility index (Phi) is 2.67. The summed E-state index contributed by atoms with van der Waals surface area (Å²) in [5.74, 6) is 0.0846. The Balaban J connectivity index is 1.98. The number of hydrogen-bond donors (Lipinski definition) is 1. The first-order valence-corrected chi connectivity index (χ1v) is 6.12. The van der Waals surface area contributed by atoms with Gasteiger partial charge in [-0.2, -0.15) is 0 Å². The van der Waals surface area contributed by atoms with Gasteiger partial charge >= 0.3 is 0 Å². The van der Waals surface area contributed by atoms with Crippen molar-refractivity contribution in [2.75, 3.05) is 5.73 Å². The van der Waals surface area contributed by atoms with Crippen LogP contribution in [0.25, 0.3) is 10.9 Å². The first kappa shape index (κ1) is 11.6. The number of hydrogen-bond acceptors (Lipinski definition) is 4. The number of rotatable bonds is 2. The fourth-order valence-corrected chi connectivity index (χ4v) is 2.27. The highest BCUT2D eigenvalue weighted by molar-refractivity contribution is 6.02. The molecule has 0 bridgehead atoms. The highest BCUT2D eigenvalue weighted by atomic mass is 16.2. The van der Waals surface area contributed by atoms with E-state index in [1.54, 1.807) is 0 Å². The first-order chi connectivity index (χ1) is 9.15. The second-order valence-corrected chi connectivity index (χ2v) is 4.60. The summed E-state index contributed by atoms with van der Waals surface area (Å²) >= 11 is 0. The fraction of sp³-hybridized carbons (Fsp3) is 0.214. The first-order valence-electron chi connectivity index (χ1n) is 6.12. The molecule has 2 aromatic rings. The molecule has 1 aromatic heterocycles. The van der Waals surface area contributed by atoms with Crippen molar-refractivity contribution in [3.63, 3.8) is 0 Å². The molecule has 0 radical (unpaired) electrons. The SMILES string of the molecule is Nc1nc2ccccc2cc1CN1C(=O)CCC1=O. The van der Waals surface area contributed by atoms with Crippen LogP contribution in [0.5, 0.6) is 0 Å². The summed E-state index contributed by atoms with van der Waals surface area (Å²) in [6.45, 7) is 0.210. The maximum atomic E-state index is 11.6. The van der Waals surface area contributed by atoms with Crippen molar-refractivity contribution in [2.24, 2.45) is 0 Å². The Morgan fingerprint density at radius 3 is 2.58 bits per heavy atom. The molecular weight excluding hydrogens is 242 g/mol. The Hall–Kier alpha value is -2.43. The topological polar surface area (TPSA) is 76.3 Å².